The van der Waals surface area contributed by atoms with Crippen LogP contribution in [0.3, 0.4) is 0 Å². The first-order chi connectivity index (χ1) is 13.1. The molecule has 27 heavy (non-hydrogen) atoms. The molecule has 0 aliphatic heterocycles. The van der Waals surface area contributed by atoms with E-state index in [1.54, 1.807) is 28.7 Å². The number of nitrogens with zero attached hydrogens (tertiary/aromatic N) is 3. The summed E-state index contributed by atoms with van der Waals surface area (Å²) < 4.78 is 2.02. The van der Waals surface area contributed by atoms with Crippen LogP contribution in [0.4, 0.5) is 0 Å². The molecule has 0 atom stereocenters. The number of thiazole rings is 2. The van der Waals surface area contributed by atoms with Gasteiger partial charge in [-0.05, 0) is 19.9 Å². The Bertz CT molecular complexity index is 1120. The van der Waals surface area contributed by atoms with Crippen LogP contribution in [0.2, 0.25) is 0 Å². The monoisotopic (exact) mass is 394 g/mol. The number of carbonyl (C=O) groups excluding carboxylic acids is 1. The van der Waals surface area contributed by atoms with Crippen molar-refractivity contribution >= 4 is 39.6 Å². The number of hydrogen-bond acceptors (Lipinski definition) is 5. The zero-order chi connectivity index (χ0) is 18.8. The second kappa shape index (κ2) is 7.46. The van der Waals surface area contributed by atoms with Crippen LogP contribution in [-0.4, -0.2) is 20.3 Å². The molecular formula is C20H18N4OS2. The highest BCUT2D eigenvalue weighted by atomic mass is 32.1. The van der Waals surface area contributed by atoms with Crippen molar-refractivity contribution in [3.63, 3.8) is 0 Å². The van der Waals surface area contributed by atoms with Gasteiger partial charge in [0, 0.05) is 28.1 Å². The van der Waals surface area contributed by atoms with Gasteiger partial charge in [0.25, 0.3) is 0 Å². The molecule has 4 aromatic rings. The molecule has 0 aliphatic carbocycles. The number of aromatic nitrogens is 3. The maximum Gasteiger partial charge on any atom is 0.244 e. The minimum atomic E-state index is -0.148. The molecular weight excluding hydrogens is 376 g/mol. The van der Waals surface area contributed by atoms with Crippen molar-refractivity contribution in [3.05, 3.63) is 69.9 Å². The molecule has 3 heterocycles. The Morgan fingerprint density at radius 3 is 2.85 bits per heavy atom. The zero-order valence-corrected chi connectivity index (χ0v) is 16.6. The van der Waals surface area contributed by atoms with E-state index in [1.165, 1.54) is 4.88 Å². The number of fused-ring (bicyclic) bond motifs is 1. The van der Waals surface area contributed by atoms with Crippen LogP contribution < -0.4 is 5.32 Å². The van der Waals surface area contributed by atoms with Gasteiger partial charge in [0.15, 0.2) is 4.96 Å². The van der Waals surface area contributed by atoms with Gasteiger partial charge in [0.2, 0.25) is 5.91 Å². The van der Waals surface area contributed by atoms with Gasteiger partial charge in [-0.3, -0.25) is 9.20 Å². The smallest absolute Gasteiger partial charge is 0.244 e. The summed E-state index contributed by atoms with van der Waals surface area (Å²) in [6.45, 7) is 4.41. The van der Waals surface area contributed by atoms with Gasteiger partial charge in [-0.25, -0.2) is 9.97 Å². The van der Waals surface area contributed by atoms with E-state index in [-0.39, 0.29) is 5.91 Å². The topological polar surface area (TPSA) is 59.3 Å². The minimum absolute atomic E-state index is 0.148. The van der Waals surface area contributed by atoms with Crippen LogP contribution in [0.5, 0.6) is 0 Å². The Kier molecular flexibility index (Phi) is 4.87. The summed E-state index contributed by atoms with van der Waals surface area (Å²) in [5.41, 5.74) is 3.80. The first-order valence-electron chi connectivity index (χ1n) is 8.51. The highest BCUT2D eigenvalue weighted by molar-refractivity contribution is 7.17. The van der Waals surface area contributed by atoms with Crippen molar-refractivity contribution in [2.24, 2.45) is 0 Å². The predicted octanol–water partition coefficient (Wildman–Crippen LogP) is 4.47. The van der Waals surface area contributed by atoms with Crippen molar-refractivity contribution in [2.45, 2.75) is 20.4 Å². The summed E-state index contributed by atoms with van der Waals surface area (Å²) in [7, 11) is 0. The highest BCUT2D eigenvalue weighted by Crippen LogP contribution is 2.23. The third kappa shape index (κ3) is 3.84. The van der Waals surface area contributed by atoms with Crippen molar-refractivity contribution < 1.29 is 4.79 Å². The molecule has 0 saturated heterocycles. The van der Waals surface area contributed by atoms with Gasteiger partial charge in [-0.15, -0.1) is 22.7 Å². The molecule has 0 bridgehead atoms. The number of aryl methyl sites for hydroxylation is 2. The first kappa shape index (κ1) is 17.6. The molecule has 0 fully saturated rings. The van der Waals surface area contributed by atoms with E-state index in [2.05, 4.69) is 15.3 Å². The first-order valence-corrected chi connectivity index (χ1v) is 10.2. The lowest BCUT2D eigenvalue weighted by molar-refractivity contribution is -0.116. The molecule has 5 nitrogen and oxygen atoms in total. The lowest BCUT2D eigenvalue weighted by Crippen LogP contribution is -2.20. The highest BCUT2D eigenvalue weighted by Gasteiger charge is 2.09. The number of nitrogens with one attached hydrogen (secondary N) is 1. The molecule has 1 amide bonds. The molecule has 4 rings (SSSR count). The van der Waals surface area contributed by atoms with E-state index in [9.17, 15) is 4.79 Å². The Balaban J connectivity index is 1.40. The number of rotatable bonds is 5. The van der Waals surface area contributed by atoms with Crippen LogP contribution in [0.1, 0.15) is 22.0 Å². The molecule has 1 N–H and O–H groups in total. The number of carbonyl (C=O) groups is 1. The Morgan fingerprint density at radius 1 is 1.22 bits per heavy atom. The fourth-order valence-corrected chi connectivity index (χ4v) is 4.48. The Morgan fingerprint density at radius 2 is 2.04 bits per heavy atom. The van der Waals surface area contributed by atoms with Gasteiger partial charge >= 0.3 is 0 Å². The van der Waals surface area contributed by atoms with Crippen LogP contribution in [-0.2, 0) is 11.3 Å². The third-order valence-corrected chi connectivity index (χ3v) is 5.91. The molecule has 136 valence electrons. The molecule has 1 aromatic carbocycles. The van der Waals surface area contributed by atoms with E-state index >= 15 is 0 Å². The number of hydrogen-bond donors (Lipinski definition) is 1. The van der Waals surface area contributed by atoms with Gasteiger partial charge < -0.3 is 5.32 Å². The lowest BCUT2D eigenvalue weighted by atomic mass is 10.2. The standard InChI is InChI=1S/C20H18N4OS2/c1-13-11-24-17(14(2)22-20(24)27-13)8-9-18(25)21-10-16-12-26-19(23-16)15-6-4-3-5-7-15/h3-9,11-12H,10H2,1-2H3,(H,21,25)/b9-8+. The summed E-state index contributed by atoms with van der Waals surface area (Å²) in [5.74, 6) is -0.148. The van der Waals surface area contributed by atoms with Gasteiger partial charge in [-0.2, -0.15) is 0 Å². The van der Waals surface area contributed by atoms with E-state index < -0.39 is 0 Å². The minimum Gasteiger partial charge on any atom is -0.347 e. The molecule has 3 aromatic heterocycles. The second-order valence-corrected chi connectivity index (χ2v) is 8.21. The molecule has 0 aliphatic rings. The summed E-state index contributed by atoms with van der Waals surface area (Å²) >= 11 is 3.22. The van der Waals surface area contributed by atoms with E-state index in [1.807, 2.05) is 66.2 Å². The van der Waals surface area contributed by atoms with Crippen molar-refractivity contribution in [1.82, 2.24) is 19.7 Å². The van der Waals surface area contributed by atoms with Crippen molar-refractivity contribution in [3.8, 4) is 10.6 Å². The van der Waals surface area contributed by atoms with Crippen molar-refractivity contribution in [2.75, 3.05) is 0 Å². The lowest BCUT2D eigenvalue weighted by Gasteiger charge is -1.99. The van der Waals surface area contributed by atoms with Gasteiger partial charge in [0.1, 0.15) is 5.01 Å². The number of imidazole rings is 1. The van der Waals surface area contributed by atoms with Crippen LogP contribution >= 0.6 is 22.7 Å². The SMILES string of the molecule is Cc1cn2c(/C=C/C(=O)NCc3csc(-c4ccccc4)n3)c(C)nc2s1. The largest absolute Gasteiger partial charge is 0.347 e. The quantitative estimate of drug-likeness (QED) is 0.508. The maximum atomic E-state index is 12.2. The summed E-state index contributed by atoms with van der Waals surface area (Å²) in [6, 6.07) is 10.0. The molecule has 0 spiro atoms. The third-order valence-electron chi connectivity index (χ3n) is 4.07. The Hall–Kier alpha value is -2.77. The zero-order valence-electron chi connectivity index (χ0n) is 15.0. The van der Waals surface area contributed by atoms with E-state index in [4.69, 9.17) is 0 Å². The van der Waals surface area contributed by atoms with Gasteiger partial charge in [0.05, 0.1) is 23.6 Å². The van der Waals surface area contributed by atoms with Crippen LogP contribution in [0.15, 0.2) is 48.0 Å². The Labute approximate surface area is 165 Å². The molecule has 0 saturated carbocycles. The molecule has 0 unspecified atom stereocenters. The van der Waals surface area contributed by atoms with Crippen molar-refractivity contribution in [1.29, 1.82) is 0 Å². The number of benzene rings is 1. The second-order valence-electron chi connectivity index (χ2n) is 6.14. The number of amides is 1. The average Bonchev–Trinajstić information content (AvgIpc) is 3.34. The van der Waals surface area contributed by atoms with Gasteiger partial charge in [-0.1, -0.05) is 30.3 Å². The summed E-state index contributed by atoms with van der Waals surface area (Å²) in [6.07, 6.45) is 5.40. The maximum absolute atomic E-state index is 12.2. The van der Waals surface area contributed by atoms with Crippen LogP contribution in [0.25, 0.3) is 21.6 Å². The normalized spacial score (nSPS) is 11.5. The predicted molar refractivity (Wildman–Crippen MR) is 111 cm³/mol. The molecule has 7 heteroatoms. The molecule has 0 radical (unpaired) electrons. The summed E-state index contributed by atoms with van der Waals surface area (Å²) in [4.78, 5) is 23.4. The van der Waals surface area contributed by atoms with E-state index in [0.717, 1.165) is 32.6 Å². The average molecular weight is 395 g/mol. The van der Waals surface area contributed by atoms with E-state index in [0.29, 0.717) is 6.54 Å². The fraction of sp³-hybridized carbons (Fsp3) is 0.150. The van der Waals surface area contributed by atoms with Crippen LogP contribution in [0, 0.1) is 13.8 Å². The summed E-state index contributed by atoms with van der Waals surface area (Å²) in [5, 5.41) is 5.83. The fourth-order valence-electron chi connectivity index (χ4n) is 2.77.